The summed E-state index contributed by atoms with van der Waals surface area (Å²) in [5, 5.41) is 12.8. The molecule has 1 atom stereocenters. The second kappa shape index (κ2) is 6.51. The zero-order chi connectivity index (χ0) is 15.3. The minimum Gasteiger partial charge on any atom is -0.367 e. The summed E-state index contributed by atoms with van der Waals surface area (Å²) in [5.41, 5.74) is 1.15. The molecule has 0 radical (unpaired) electrons. The molecule has 1 unspecified atom stereocenters. The summed E-state index contributed by atoms with van der Waals surface area (Å²) in [7, 11) is 0. The van der Waals surface area contributed by atoms with Gasteiger partial charge in [-0.15, -0.1) is 0 Å². The van der Waals surface area contributed by atoms with E-state index in [1.54, 1.807) is 12.1 Å². The van der Waals surface area contributed by atoms with Gasteiger partial charge in [0.25, 0.3) is 0 Å². The van der Waals surface area contributed by atoms with Gasteiger partial charge in [0.15, 0.2) is 0 Å². The average Bonchev–Trinajstić information content (AvgIpc) is 2.97. The van der Waals surface area contributed by atoms with E-state index in [0.717, 1.165) is 12.0 Å². The van der Waals surface area contributed by atoms with Gasteiger partial charge in [-0.05, 0) is 38.0 Å². The van der Waals surface area contributed by atoms with Crippen molar-refractivity contribution >= 4 is 0 Å². The third-order valence-corrected chi connectivity index (χ3v) is 3.52. The molecule has 2 aromatic rings. The molecule has 2 rings (SSSR count). The largest absolute Gasteiger partial charge is 0.367 e. The van der Waals surface area contributed by atoms with E-state index in [1.807, 2.05) is 32.9 Å². The third-order valence-electron chi connectivity index (χ3n) is 3.52. The number of nitrogens with zero attached hydrogens (tertiary/aromatic N) is 3. The summed E-state index contributed by atoms with van der Waals surface area (Å²) >= 11 is 0. The predicted molar refractivity (Wildman–Crippen MR) is 77.5 cm³/mol. The summed E-state index contributed by atoms with van der Waals surface area (Å²) in [6.07, 6.45) is 1.32. The fraction of sp³-hybridized carbons (Fsp3) is 0.438. The zero-order valence-corrected chi connectivity index (χ0v) is 12.6. The molecule has 5 nitrogen and oxygen atoms in total. The molecule has 0 N–H and O–H groups in total. The van der Waals surface area contributed by atoms with Crippen LogP contribution in [0.4, 0.5) is 0 Å². The Morgan fingerprint density at radius 2 is 2.00 bits per heavy atom. The Bertz CT molecular complexity index is 628. The van der Waals surface area contributed by atoms with Crippen LogP contribution in [-0.2, 0) is 16.8 Å². The Morgan fingerprint density at radius 1 is 1.29 bits per heavy atom. The Hall–Kier alpha value is -2.19. The molecule has 0 amide bonds. The quantitative estimate of drug-likeness (QED) is 0.815. The second-order valence-corrected chi connectivity index (χ2v) is 5.01. The van der Waals surface area contributed by atoms with Crippen LogP contribution in [-0.4, -0.2) is 16.7 Å². The number of benzene rings is 1. The minimum atomic E-state index is -0.513. The summed E-state index contributed by atoms with van der Waals surface area (Å²) in [6.45, 7) is 6.55. The first-order valence-electron chi connectivity index (χ1n) is 7.07. The zero-order valence-electron chi connectivity index (χ0n) is 12.6. The maximum Gasteiger partial charge on any atom is 0.231 e. The molecule has 5 heteroatoms. The molecule has 110 valence electrons. The molecule has 0 aliphatic heterocycles. The number of aromatic nitrogens is 2. The van der Waals surface area contributed by atoms with Crippen LogP contribution in [0.2, 0.25) is 0 Å². The van der Waals surface area contributed by atoms with Crippen molar-refractivity contribution in [2.24, 2.45) is 0 Å². The number of hydrogen-bond acceptors (Lipinski definition) is 5. The van der Waals surface area contributed by atoms with E-state index in [4.69, 9.17) is 14.5 Å². The van der Waals surface area contributed by atoms with Gasteiger partial charge in [-0.2, -0.15) is 10.2 Å². The van der Waals surface area contributed by atoms with Crippen LogP contribution in [0.1, 0.15) is 50.0 Å². The van der Waals surface area contributed by atoms with Gasteiger partial charge in [-0.3, -0.25) is 0 Å². The van der Waals surface area contributed by atoms with Crippen LogP contribution in [0.3, 0.4) is 0 Å². The Morgan fingerprint density at radius 3 is 2.57 bits per heavy atom. The average molecular weight is 285 g/mol. The summed E-state index contributed by atoms with van der Waals surface area (Å²) in [5.74, 6) is 1.13. The standard InChI is InChI=1S/C16H19N3O2/c1-4-16(3,20-5-2)15-18-14(21-19-15)10-12-6-8-13(11-17)9-7-12/h6-9H,4-5,10H2,1-3H3. The highest BCUT2D eigenvalue weighted by Crippen LogP contribution is 2.26. The van der Waals surface area contributed by atoms with Crippen LogP contribution in [0.15, 0.2) is 28.8 Å². The molecule has 21 heavy (non-hydrogen) atoms. The second-order valence-electron chi connectivity index (χ2n) is 5.01. The maximum atomic E-state index is 8.78. The van der Waals surface area contributed by atoms with Crippen molar-refractivity contribution in [3.8, 4) is 6.07 Å². The van der Waals surface area contributed by atoms with E-state index in [-0.39, 0.29) is 0 Å². The minimum absolute atomic E-state index is 0.513. The lowest BCUT2D eigenvalue weighted by molar-refractivity contribution is -0.0403. The highest BCUT2D eigenvalue weighted by atomic mass is 16.5. The molecule has 1 aromatic carbocycles. The smallest absolute Gasteiger partial charge is 0.231 e. The van der Waals surface area contributed by atoms with E-state index in [0.29, 0.717) is 30.3 Å². The van der Waals surface area contributed by atoms with Crippen LogP contribution in [0.25, 0.3) is 0 Å². The first-order valence-corrected chi connectivity index (χ1v) is 7.07. The molecule has 1 heterocycles. The van der Waals surface area contributed by atoms with Gasteiger partial charge in [0.2, 0.25) is 11.7 Å². The lowest BCUT2D eigenvalue weighted by Crippen LogP contribution is -2.26. The molecule has 0 fully saturated rings. The molecule has 0 saturated heterocycles. The Balaban J connectivity index is 2.14. The molecule has 0 bridgehead atoms. The molecule has 0 aliphatic carbocycles. The monoisotopic (exact) mass is 285 g/mol. The van der Waals surface area contributed by atoms with Crippen LogP contribution in [0, 0.1) is 11.3 Å². The van der Waals surface area contributed by atoms with Gasteiger partial charge < -0.3 is 9.26 Å². The summed E-state index contributed by atoms with van der Waals surface area (Å²) in [6, 6.07) is 9.44. The van der Waals surface area contributed by atoms with Crippen LogP contribution >= 0.6 is 0 Å². The molecule has 1 aromatic heterocycles. The molecule has 0 saturated carbocycles. The molecular formula is C16H19N3O2. The number of hydrogen-bond donors (Lipinski definition) is 0. The first kappa shape index (κ1) is 15.2. The van der Waals surface area contributed by atoms with E-state index < -0.39 is 5.60 Å². The van der Waals surface area contributed by atoms with Gasteiger partial charge in [0.05, 0.1) is 18.1 Å². The highest BCUT2D eigenvalue weighted by Gasteiger charge is 2.30. The normalized spacial score (nSPS) is 13.6. The topological polar surface area (TPSA) is 71.9 Å². The molecule has 0 spiro atoms. The van der Waals surface area contributed by atoms with E-state index in [1.165, 1.54) is 0 Å². The van der Waals surface area contributed by atoms with E-state index >= 15 is 0 Å². The molecular weight excluding hydrogens is 266 g/mol. The Labute approximate surface area is 124 Å². The van der Waals surface area contributed by atoms with Gasteiger partial charge in [0.1, 0.15) is 5.60 Å². The van der Waals surface area contributed by atoms with Gasteiger partial charge in [-0.25, -0.2) is 0 Å². The lowest BCUT2D eigenvalue weighted by Gasteiger charge is -2.23. The fourth-order valence-corrected chi connectivity index (χ4v) is 2.06. The number of ether oxygens (including phenoxy) is 1. The van der Waals surface area contributed by atoms with Gasteiger partial charge in [-0.1, -0.05) is 24.2 Å². The van der Waals surface area contributed by atoms with Crippen molar-refractivity contribution in [2.75, 3.05) is 6.61 Å². The van der Waals surface area contributed by atoms with E-state index in [2.05, 4.69) is 16.2 Å². The lowest BCUT2D eigenvalue weighted by atomic mass is 10.0. The van der Waals surface area contributed by atoms with Crippen molar-refractivity contribution in [1.29, 1.82) is 5.26 Å². The van der Waals surface area contributed by atoms with Crippen LogP contribution < -0.4 is 0 Å². The SMILES string of the molecule is CCOC(C)(CC)c1noc(Cc2ccc(C#N)cc2)n1. The number of rotatable bonds is 6. The highest BCUT2D eigenvalue weighted by molar-refractivity contribution is 5.32. The fourth-order valence-electron chi connectivity index (χ4n) is 2.06. The first-order chi connectivity index (χ1) is 10.1. The summed E-state index contributed by atoms with van der Waals surface area (Å²) in [4.78, 5) is 4.44. The van der Waals surface area contributed by atoms with Gasteiger partial charge in [0, 0.05) is 6.61 Å². The summed E-state index contributed by atoms with van der Waals surface area (Å²) < 4.78 is 11.1. The van der Waals surface area contributed by atoms with Crippen molar-refractivity contribution in [3.05, 3.63) is 47.1 Å². The van der Waals surface area contributed by atoms with Crippen molar-refractivity contribution in [2.45, 2.75) is 39.2 Å². The maximum absolute atomic E-state index is 8.78. The number of nitriles is 1. The van der Waals surface area contributed by atoms with Gasteiger partial charge >= 0.3 is 0 Å². The van der Waals surface area contributed by atoms with Crippen molar-refractivity contribution in [1.82, 2.24) is 10.1 Å². The van der Waals surface area contributed by atoms with Crippen molar-refractivity contribution < 1.29 is 9.26 Å². The molecule has 0 aliphatic rings. The van der Waals surface area contributed by atoms with Crippen LogP contribution in [0.5, 0.6) is 0 Å². The van der Waals surface area contributed by atoms with E-state index in [9.17, 15) is 0 Å². The Kier molecular flexibility index (Phi) is 4.71. The third kappa shape index (κ3) is 3.47. The predicted octanol–water partition coefficient (Wildman–Crippen LogP) is 3.19. The van der Waals surface area contributed by atoms with Crippen molar-refractivity contribution in [3.63, 3.8) is 0 Å².